The van der Waals surface area contributed by atoms with Crippen LogP contribution in [0.15, 0.2) is 29.1 Å². The lowest BCUT2D eigenvalue weighted by atomic mass is 10.1. The maximum absolute atomic E-state index is 12.7. The van der Waals surface area contributed by atoms with Gasteiger partial charge in [-0.25, -0.2) is 14.3 Å². The van der Waals surface area contributed by atoms with Gasteiger partial charge in [-0.1, -0.05) is 25.1 Å². The maximum atomic E-state index is 12.7. The molecule has 0 spiro atoms. The number of aromatic nitrogens is 3. The first-order valence-corrected chi connectivity index (χ1v) is 9.77. The van der Waals surface area contributed by atoms with Gasteiger partial charge < -0.3 is 14.5 Å². The summed E-state index contributed by atoms with van der Waals surface area (Å²) in [5.74, 6) is -1.88. The summed E-state index contributed by atoms with van der Waals surface area (Å²) >= 11 is 0. The first kappa shape index (κ1) is 21.9. The van der Waals surface area contributed by atoms with Crippen LogP contribution in [-0.2, 0) is 16.0 Å². The van der Waals surface area contributed by atoms with Crippen LogP contribution in [0, 0.1) is 13.8 Å². The number of carbonyl (C=O) groups excluding carboxylic acids is 3. The third-order valence-corrected chi connectivity index (χ3v) is 4.94. The summed E-state index contributed by atoms with van der Waals surface area (Å²) in [6.07, 6.45) is 0.659. The summed E-state index contributed by atoms with van der Waals surface area (Å²) in [5, 5.41) is 4.87. The number of hydrogen-bond acceptors (Lipinski definition) is 7. The largest absolute Gasteiger partial charge is 0.465 e. The van der Waals surface area contributed by atoms with Crippen LogP contribution in [0.25, 0.3) is 10.8 Å². The lowest BCUT2D eigenvalue weighted by molar-refractivity contribution is 0.0466. The quantitative estimate of drug-likeness (QED) is 0.456. The summed E-state index contributed by atoms with van der Waals surface area (Å²) in [4.78, 5) is 52.7. The van der Waals surface area contributed by atoms with Crippen LogP contribution in [0.3, 0.4) is 0 Å². The van der Waals surface area contributed by atoms with Gasteiger partial charge in [-0.15, -0.1) is 0 Å². The molecular formula is C22H23N3O6. The molecule has 0 radical (unpaired) electrons. The molecule has 0 atom stereocenters. The van der Waals surface area contributed by atoms with Gasteiger partial charge in [-0.05, 0) is 31.9 Å². The van der Waals surface area contributed by atoms with Crippen molar-refractivity contribution in [2.75, 3.05) is 13.7 Å². The molecule has 0 aliphatic heterocycles. The zero-order valence-corrected chi connectivity index (χ0v) is 17.8. The Bertz CT molecular complexity index is 1240. The Morgan fingerprint density at radius 2 is 1.77 bits per heavy atom. The number of H-pyrrole nitrogens is 1. The second kappa shape index (κ2) is 8.95. The molecule has 9 nitrogen and oxygen atoms in total. The molecule has 0 bridgehead atoms. The number of ether oxygens (including phenoxy) is 2. The minimum Gasteiger partial charge on any atom is -0.465 e. The van der Waals surface area contributed by atoms with Crippen molar-refractivity contribution < 1.29 is 23.9 Å². The number of fused-ring (bicyclic) bond motifs is 1. The van der Waals surface area contributed by atoms with Crippen molar-refractivity contribution in [3.05, 3.63) is 62.8 Å². The highest BCUT2D eigenvalue weighted by Gasteiger charge is 2.24. The summed E-state index contributed by atoms with van der Waals surface area (Å²) in [6, 6.07) is 6.62. The van der Waals surface area contributed by atoms with Gasteiger partial charge >= 0.3 is 11.9 Å². The number of rotatable bonds is 7. The van der Waals surface area contributed by atoms with Crippen LogP contribution < -0.4 is 5.56 Å². The van der Waals surface area contributed by atoms with Crippen molar-refractivity contribution in [2.24, 2.45) is 0 Å². The molecule has 0 saturated carbocycles. The molecule has 1 N–H and O–H groups in total. The van der Waals surface area contributed by atoms with Crippen LogP contribution in [-0.4, -0.2) is 46.2 Å². The van der Waals surface area contributed by atoms with Gasteiger partial charge in [0.25, 0.3) is 5.56 Å². The predicted octanol–water partition coefficient (Wildman–Crippen LogP) is 2.58. The number of nitrogens with zero attached hydrogens (tertiary/aromatic N) is 2. The average molecular weight is 425 g/mol. The van der Waals surface area contributed by atoms with E-state index in [9.17, 15) is 19.2 Å². The van der Waals surface area contributed by atoms with E-state index >= 15 is 0 Å². The van der Waals surface area contributed by atoms with Gasteiger partial charge in [0, 0.05) is 17.6 Å². The number of esters is 2. The monoisotopic (exact) mass is 425 g/mol. The van der Waals surface area contributed by atoms with Crippen LogP contribution in [0.1, 0.15) is 55.9 Å². The van der Waals surface area contributed by atoms with Crippen molar-refractivity contribution in [1.82, 2.24) is 14.8 Å². The second-order valence-corrected chi connectivity index (χ2v) is 7.04. The molecule has 2 aromatic heterocycles. The molecular weight excluding hydrogens is 402 g/mol. The fraction of sp³-hybridized carbons (Fsp3) is 0.318. The number of aryl methyl sites for hydroxylation is 2. The molecule has 1 aromatic carbocycles. The van der Waals surface area contributed by atoms with Crippen molar-refractivity contribution >= 4 is 28.5 Å². The van der Waals surface area contributed by atoms with Crippen LogP contribution >= 0.6 is 0 Å². The smallest absolute Gasteiger partial charge is 0.359 e. The molecule has 0 saturated heterocycles. The van der Waals surface area contributed by atoms with Crippen molar-refractivity contribution in [3.8, 4) is 0 Å². The number of benzene rings is 1. The number of hydrogen-bond donors (Lipinski definition) is 1. The van der Waals surface area contributed by atoms with Crippen molar-refractivity contribution in [1.29, 1.82) is 0 Å². The normalized spacial score (nSPS) is 10.8. The van der Waals surface area contributed by atoms with Crippen LogP contribution in [0.5, 0.6) is 0 Å². The minimum absolute atomic E-state index is 0.0360. The lowest BCUT2D eigenvalue weighted by Crippen LogP contribution is -2.27. The minimum atomic E-state index is -0.816. The third kappa shape index (κ3) is 4.11. The molecule has 3 aromatic rings. The maximum Gasteiger partial charge on any atom is 0.359 e. The molecule has 0 amide bonds. The summed E-state index contributed by atoms with van der Waals surface area (Å²) in [7, 11) is 1.26. The summed E-state index contributed by atoms with van der Waals surface area (Å²) < 4.78 is 11.2. The Hall–Kier alpha value is -3.75. The predicted molar refractivity (Wildman–Crippen MR) is 113 cm³/mol. The molecule has 0 aliphatic rings. The Labute approximate surface area is 178 Å². The lowest BCUT2D eigenvalue weighted by Gasteiger charge is -2.10. The molecule has 0 unspecified atom stereocenters. The van der Waals surface area contributed by atoms with Crippen LogP contribution in [0.4, 0.5) is 0 Å². The van der Waals surface area contributed by atoms with E-state index in [4.69, 9.17) is 9.47 Å². The van der Waals surface area contributed by atoms with E-state index in [0.29, 0.717) is 35.0 Å². The first-order valence-electron chi connectivity index (χ1n) is 9.77. The van der Waals surface area contributed by atoms with Gasteiger partial charge in [0.2, 0.25) is 5.78 Å². The average Bonchev–Trinajstić information content (AvgIpc) is 3.07. The fourth-order valence-electron chi connectivity index (χ4n) is 3.46. The molecule has 2 heterocycles. The highest BCUT2D eigenvalue weighted by atomic mass is 16.5. The van der Waals surface area contributed by atoms with Crippen molar-refractivity contribution in [3.63, 3.8) is 0 Å². The molecule has 3 rings (SSSR count). The second-order valence-electron chi connectivity index (χ2n) is 7.04. The van der Waals surface area contributed by atoms with E-state index < -0.39 is 24.3 Å². The topological polar surface area (TPSA) is 120 Å². The van der Waals surface area contributed by atoms with E-state index in [1.165, 1.54) is 11.8 Å². The fourth-order valence-corrected chi connectivity index (χ4v) is 3.46. The van der Waals surface area contributed by atoms with E-state index in [0.717, 1.165) is 0 Å². The van der Waals surface area contributed by atoms with E-state index in [1.54, 1.807) is 38.1 Å². The van der Waals surface area contributed by atoms with Gasteiger partial charge in [0.05, 0.1) is 23.8 Å². The molecule has 162 valence electrons. The zero-order valence-electron chi connectivity index (χ0n) is 17.8. The van der Waals surface area contributed by atoms with E-state index in [-0.39, 0.29) is 22.5 Å². The van der Waals surface area contributed by atoms with Crippen LogP contribution in [0.2, 0.25) is 0 Å². The Balaban J connectivity index is 1.87. The summed E-state index contributed by atoms with van der Waals surface area (Å²) in [5.41, 5.74) is 1.02. The molecule has 0 fully saturated rings. The number of ketones is 1. The third-order valence-electron chi connectivity index (χ3n) is 4.94. The molecule has 9 heteroatoms. The standard InChI is InChI=1S/C22H23N3O6/c1-5-10-25-20(27)15-9-7-6-8-14(15)19(24-25)22(29)31-11-16(26)18-12(2)17(13(3)23-18)21(28)30-4/h6-9,23H,5,10-11H2,1-4H3. The van der Waals surface area contributed by atoms with Gasteiger partial charge in [-0.2, -0.15) is 5.10 Å². The number of Topliss-reactive ketones (excluding diaryl/α,β-unsaturated/α-hetero) is 1. The SMILES string of the molecule is CCCn1nc(C(=O)OCC(=O)c2[nH]c(C)c(C(=O)OC)c2C)c2ccccc2c1=O. The number of methoxy groups -OCH3 is 1. The Morgan fingerprint density at radius 3 is 2.42 bits per heavy atom. The van der Waals surface area contributed by atoms with Gasteiger partial charge in [0.15, 0.2) is 12.3 Å². The molecule has 31 heavy (non-hydrogen) atoms. The highest BCUT2D eigenvalue weighted by molar-refractivity contribution is 6.05. The van der Waals surface area contributed by atoms with Crippen molar-refractivity contribution in [2.45, 2.75) is 33.7 Å². The number of carbonyl (C=O) groups is 3. The van der Waals surface area contributed by atoms with Gasteiger partial charge in [-0.3, -0.25) is 9.59 Å². The number of aromatic amines is 1. The Kier molecular flexibility index (Phi) is 6.33. The zero-order chi connectivity index (χ0) is 22.7. The highest BCUT2D eigenvalue weighted by Crippen LogP contribution is 2.20. The summed E-state index contributed by atoms with van der Waals surface area (Å²) in [6.45, 7) is 4.95. The first-order chi connectivity index (χ1) is 14.8. The van der Waals surface area contributed by atoms with E-state index in [2.05, 4.69) is 10.1 Å². The Morgan fingerprint density at radius 1 is 1.10 bits per heavy atom. The van der Waals surface area contributed by atoms with E-state index in [1.807, 2.05) is 6.92 Å². The van der Waals surface area contributed by atoms with Gasteiger partial charge in [0.1, 0.15) is 0 Å². The molecule has 0 aliphatic carbocycles. The number of nitrogens with one attached hydrogen (secondary N) is 1.